The average Bonchev–Trinajstić information content (AvgIpc) is 2.62. The number of hydrogen-bond donors (Lipinski definition) is 10. The van der Waals surface area contributed by atoms with Gasteiger partial charge in [0.15, 0.2) is 12.2 Å². The van der Waals surface area contributed by atoms with Gasteiger partial charge in [-0.2, -0.15) is 0 Å². The van der Waals surface area contributed by atoms with Crippen LogP contribution in [0.5, 0.6) is 0 Å². The molecule has 0 heterocycles. The second-order valence-corrected chi connectivity index (χ2v) is 5.06. The van der Waals surface area contributed by atoms with Crippen molar-refractivity contribution in [2.75, 3.05) is 0 Å². The Labute approximate surface area is 171 Å². The van der Waals surface area contributed by atoms with Crippen LogP contribution >= 0.6 is 0 Å². The summed E-state index contributed by atoms with van der Waals surface area (Å²) < 4.78 is 0. The van der Waals surface area contributed by atoms with Crippen LogP contribution in [0, 0.1) is 0 Å². The van der Waals surface area contributed by atoms with E-state index in [-0.39, 0.29) is 17.1 Å². The maximum Gasteiger partial charge on any atom is 3.00 e. The summed E-state index contributed by atoms with van der Waals surface area (Å²) in [6, 6.07) is 0. The predicted molar refractivity (Wildman–Crippen MR) is 73.3 cm³/mol. The molecule has 17 heteroatoms. The molecule has 8 atom stereocenters. The van der Waals surface area contributed by atoms with Gasteiger partial charge in [0.1, 0.15) is 36.6 Å². The Morgan fingerprint density at radius 2 is 0.655 bits per heavy atom. The van der Waals surface area contributed by atoms with E-state index in [0.29, 0.717) is 0 Å². The van der Waals surface area contributed by atoms with Crippen molar-refractivity contribution >= 4 is 23.9 Å². The summed E-state index contributed by atoms with van der Waals surface area (Å²) in [5.41, 5.74) is 0. The number of carbonyl (C=O) groups is 4. The van der Waals surface area contributed by atoms with Crippen molar-refractivity contribution in [2.45, 2.75) is 48.8 Å². The molecule has 1 radical (unpaired) electrons. The van der Waals surface area contributed by atoms with E-state index >= 15 is 0 Å². The number of carboxylic acids is 4. The Kier molecular flexibility index (Phi) is 15.5. The third kappa shape index (κ3) is 10.4. The molecule has 0 aromatic rings. The molecule has 0 amide bonds. The van der Waals surface area contributed by atoms with E-state index < -0.39 is 72.7 Å². The molecule has 0 aromatic heterocycles. The van der Waals surface area contributed by atoms with Gasteiger partial charge in [0.25, 0.3) is 0 Å². The fourth-order valence-corrected chi connectivity index (χ4v) is 1.32. The smallest absolute Gasteiger partial charge is 0.547 e. The Balaban J connectivity index is -0.000000451. The van der Waals surface area contributed by atoms with Crippen LogP contribution in [-0.4, -0.2) is 124 Å². The number of carboxylic acid groups (broad SMARTS) is 4. The quantitative estimate of drug-likeness (QED) is 0.131. The Bertz CT molecular complexity index is 458. The fourth-order valence-electron chi connectivity index (χ4n) is 1.32. The number of aliphatic hydroxyl groups is 8. The molecule has 0 aliphatic heterocycles. The molecule has 169 valence electrons. The van der Waals surface area contributed by atoms with Gasteiger partial charge in [-0.3, -0.25) is 0 Å². The van der Waals surface area contributed by atoms with Crippen molar-refractivity contribution in [2.24, 2.45) is 0 Å². The zero-order chi connectivity index (χ0) is 22.9. The first-order valence-corrected chi connectivity index (χ1v) is 6.89. The van der Waals surface area contributed by atoms with Crippen molar-refractivity contribution in [1.29, 1.82) is 0 Å². The Hall–Kier alpha value is -1.92. The fraction of sp³-hybridized carbons (Fsp3) is 0.667. The maximum atomic E-state index is 10.1. The number of aliphatic hydroxyl groups excluding tert-OH is 8. The van der Waals surface area contributed by atoms with Crippen molar-refractivity contribution in [1.82, 2.24) is 0 Å². The van der Waals surface area contributed by atoms with Crippen molar-refractivity contribution in [3.05, 3.63) is 0 Å². The van der Waals surface area contributed by atoms with Gasteiger partial charge in [0.05, 0.1) is 11.9 Å². The van der Waals surface area contributed by atoms with Crippen LogP contribution in [0.15, 0.2) is 0 Å². The van der Waals surface area contributed by atoms with Crippen LogP contribution in [0.2, 0.25) is 0 Å². The van der Waals surface area contributed by atoms with Crippen molar-refractivity contribution in [3.63, 3.8) is 0 Å². The first-order chi connectivity index (χ1) is 12.6. The normalized spacial score (nSPS) is 18.8. The van der Waals surface area contributed by atoms with E-state index in [9.17, 15) is 29.4 Å². The molecule has 0 bridgehead atoms. The Morgan fingerprint density at radius 1 is 0.483 bits per heavy atom. The van der Waals surface area contributed by atoms with E-state index in [1.54, 1.807) is 0 Å². The zero-order valence-electron chi connectivity index (χ0n) is 13.9. The minimum atomic E-state index is -2.47. The van der Waals surface area contributed by atoms with Gasteiger partial charge >= 0.3 is 29.0 Å². The number of carbonyl (C=O) groups excluding carboxylic acids is 2. The maximum absolute atomic E-state index is 10.1. The predicted octanol–water partition coefficient (Wildman–Crippen LogP) is -9.47. The summed E-state index contributed by atoms with van der Waals surface area (Å²) in [6.07, 6.45) is -19.0. The summed E-state index contributed by atoms with van der Waals surface area (Å²) in [7, 11) is 0. The van der Waals surface area contributed by atoms with Crippen LogP contribution in [0.4, 0.5) is 0 Å². The van der Waals surface area contributed by atoms with E-state index in [1.165, 1.54) is 0 Å². The van der Waals surface area contributed by atoms with E-state index in [2.05, 4.69) is 0 Å². The molecule has 8 unspecified atom stereocenters. The summed E-state index contributed by atoms with van der Waals surface area (Å²) in [5, 5.41) is 106. The Morgan fingerprint density at radius 3 is 0.793 bits per heavy atom. The molecule has 29 heavy (non-hydrogen) atoms. The molecule has 16 nitrogen and oxygen atoms in total. The minimum absolute atomic E-state index is 0. The van der Waals surface area contributed by atoms with Gasteiger partial charge in [-0.25, -0.2) is 9.59 Å². The molecule has 0 aliphatic rings. The topological polar surface area (TPSA) is 317 Å². The van der Waals surface area contributed by atoms with Crippen molar-refractivity contribution < 1.29 is 97.5 Å². The SMILES string of the molecule is O=C([O-])C(O)C(O)C(O)C(O)C(=O)O.O=C([O-])C(O)C(O)C(O)C(O)C(=O)O.[Fe+3]. The molecule has 0 saturated heterocycles. The standard InChI is InChI=1S/2C6H10O8.Fe/c2*7-1(3(9)5(11)12)2(8)4(10)6(13)14;/h2*1-4,7-10H,(H,11,12)(H,13,14);/q;;+3/p-2. The number of hydrogen-bond acceptors (Lipinski definition) is 14. The van der Waals surface area contributed by atoms with Gasteiger partial charge < -0.3 is 70.9 Å². The third-order valence-electron chi connectivity index (χ3n) is 2.98. The molecule has 0 saturated carbocycles. The third-order valence-corrected chi connectivity index (χ3v) is 2.98. The molecule has 0 fully saturated rings. The van der Waals surface area contributed by atoms with E-state index in [1.807, 2.05) is 0 Å². The van der Waals surface area contributed by atoms with Gasteiger partial charge in [-0.1, -0.05) is 0 Å². The molecule has 0 rings (SSSR count). The van der Waals surface area contributed by atoms with Crippen LogP contribution in [0.1, 0.15) is 0 Å². The molecule has 0 aliphatic carbocycles. The summed E-state index contributed by atoms with van der Waals surface area (Å²) in [5.74, 6) is -7.90. The van der Waals surface area contributed by atoms with Crippen LogP contribution < -0.4 is 10.2 Å². The first-order valence-electron chi connectivity index (χ1n) is 6.89. The second-order valence-electron chi connectivity index (χ2n) is 5.06. The van der Waals surface area contributed by atoms with Gasteiger partial charge in [0, 0.05) is 0 Å². The largest absolute Gasteiger partial charge is 3.00 e. The van der Waals surface area contributed by atoms with E-state index in [0.717, 1.165) is 0 Å². The summed E-state index contributed by atoms with van der Waals surface area (Å²) in [4.78, 5) is 40.1. The van der Waals surface area contributed by atoms with E-state index in [4.69, 9.17) is 51.1 Å². The molecular weight excluding hydrogens is 456 g/mol. The molecular formula is C12H18FeO16+. The molecule has 10 N–H and O–H groups in total. The van der Waals surface area contributed by atoms with Gasteiger partial charge in [-0.15, -0.1) is 0 Å². The van der Waals surface area contributed by atoms with Gasteiger partial charge in [0.2, 0.25) is 0 Å². The van der Waals surface area contributed by atoms with Gasteiger partial charge in [-0.05, 0) is 0 Å². The van der Waals surface area contributed by atoms with Crippen LogP contribution in [-0.2, 0) is 36.2 Å². The zero-order valence-corrected chi connectivity index (χ0v) is 15.0. The first kappa shape index (κ1) is 31.8. The van der Waals surface area contributed by atoms with Crippen LogP contribution in [0.25, 0.3) is 0 Å². The molecule has 0 spiro atoms. The number of rotatable bonds is 10. The van der Waals surface area contributed by atoms with Crippen molar-refractivity contribution in [3.8, 4) is 0 Å². The number of aliphatic carboxylic acids is 4. The average molecular weight is 474 g/mol. The summed E-state index contributed by atoms with van der Waals surface area (Å²) in [6.45, 7) is 0. The summed E-state index contributed by atoms with van der Waals surface area (Å²) >= 11 is 0. The van der Waals surface area contributed by atoms with Crippen LogP contribution in [0.3, 0.4) is 0 Å². The minimum Gasteiger partial charge on any atom is -0.547 e. The monoisotopic (exact) mass is 474 g/mol. The molecule has 0 aromatic carbocycles. The second kappa shape index (κ2) is 14.1.